The molecule has 2 atom stereocenters. The molecule has 0 radical (unpaired) electrons. The fraction of sp³-hybridized carbons (Fsp3) is 0.857. The van der Waals surface area contributed by atoms with E-state index >= 15 is 0 Å². The lowest BCUT2D eigenvalue weighted by Crippen LogP contribution is -2.61. The molecule has 0 spiro atoms. The summed E-state index contributed by atoms with van der Waals surface area (Å²) >= 11 is 0. The first-order valence-electron chi connectivity index (χ1n) is 7.27. The van der Waals surface area contributed by atoms with Crippen LogP contribution in [0.3, 0.4) is 0 Å². The van der Waals surface area contributed by atoms with Crippen molar-refractivity contribution in [3.8, 4) is 0 Å². The monoisotopic (exact) mass is 267 g/mol. The summed E-state index contributed by atoms with van der Waals surface area (Å²) in [5.74, 6) is 0.189. The van der Waals surface area contributed by atoms with Crippen LogP contribution in [-0.2, 0) is 9.59 Å². The van der Waals surface area contributed by atoms with Crippen molar-refractivity contribution < 1.29 is 9.59 Å². The summed E-state index contributed by atoms with van der Waals surface area (Å²) in [7, 11) is 2.11. The molecule has 2 fully saturated rings. The second-order valence-electron chi connectivity index (χ2n) is 6.14. The highest BCUT2D eigenvalue weighted by molar-refractivity contribution is 5.95. The highest BCUT2D eigenvalue weighted by atomic mass is 16.2. The topological polar surface area (TPSA) is 52.7 Å². The van der Waals surface area contributed by atoms with Crippen LogP contribution in [0, 0.1) is 5.92 Å². The standard InChI is InChI=1S/C14H25N3O2/c1-10(2)13-14(19)17(9-12(18)15-13)8-11-6-4-5-7-16(11)3/h10-11,13H,4-9H2,1-3H3,(H,15,18). The minimum atomic E-state index is -0.352. The number of carbonyl (C=O) groups is 2. The molecule has 2 amide bonds. The van der Waals surface area contributed by atoms with Crippen LogP contribution in [0.5, 0.6) is 0 Å². The summed E-state index contributed by atoms with van der Waals surface area (Å²) in [6.07, 6.45) is 3.57. The second-order valence-corrected chi connectivity index (χ2v) is 6.14. The highest BCUT2D eigenvalue weighted by Crippen LogP contribution is 2.18. The molecule has 2 aliphatic rings. The summed E-state index contributed by atoms with van der Waals surface area (Å²) in [5.41, 5.74) is 0. The Bertz CT molecular complexity index is 357. The van der Waals surface area contributed by atoms with Crippen LogP contribution in [0.4, 0.5) is 0 Å². The second kappa shape index (κ2) is 5.90. The van der Waals surface area contributed by atoms with Gasteiger partial charge in [0.1, 0.15) is 6.04 Å². The van der Waals surface area contributed by atoms with Crippen LogP contribution < -0.4 is 5.32 Å². The van der Waals surface area contributed by atoms with Gasteiger partial charge in [0.25, 0.3) is 0 Å². The maximum absolute atomic E-state index is 12.4. The van der Waals surface area contributed by atoms with Gasteiger partial charge in [0, 0.05) is 12.6 Å². The molecule has 2 saturated heterocycles. The average Bonchev–Trinajstić information content (AvgIpc) is 2.35. The largest absolute Gasteiger partial charge is 0.343 e. The van der Waals surface area contributed by atoms with Crippen LogP contribution >= 0.6 is 0 Å². The molecule has 0 aromatic carbocycles. The molecule has 19 heavy (non-hydrogen) atoms. The van der Waals surface area contributed by atoms with Crippen molar-refractivity contribution in [2.45, 2.75) is 45.2 Å². The van der Waals surface area contributed by atoms with E-state index in [1.165, 1.54) is 12.8 Å². The zero-order valence-electron chi connectivity index (χ0n) is 12.2. The molecule has 5 nitrogen and oxygen atoms in total. The van der Waals surface area contributed by atoms with E-state index in [9.17, 15) is 9.59 Å². The fourth-order valence-corrected chi connectivity index (χ4v) is 2.96. The Balaban J connectivity index is 2.01. The number of likely N-dealkylation sites (tertiary alicyclic amines) is 1. The van der Waals surface area contributed by atoms with Gasteiger partial charge in [-0.3, -0.25) is 9.59 Å². The minimum absolute atomic E-state index is 0.0308. The third kappa shape index (κ3) is 3.26. The molecular formula is C14H25N3O2. The first-order chi connectivity index (χ1) is 8.99. The molecule has 1 N–H and O–H groups in total. The number of hydrogen-bond donors (Lipinski definition) is 1. The van der Waals surface area contributed by atoms with Crippen LogP contribution in [-0.4, -0.2) is 60.4 Å². The van der Waals surface area contributed by atoms with Crippen molar-refractivity contribution in [3.05, 3.63) is 0 Å². The zero-order chi connectivity index (χ0) is 14.0. The van der Waals surface area contributed by atoms with Gasteiger partial charge in [-0.25, -0.2) is 0 Å². The van der Waals surface area contributed by atoms with Crippen molar-refractivity contribution in [1.29, 1.82) is 0 Å². The Labute approximate surface area is 115 Å². The Morgan fingerprint density at radius 2 is 2.05 bits per heavy atom. The van der Waals surface area contributed by atoms with E-state index in [1.54, 1.807) is 4.90 Å². The first-order valence-corrected chi connectivity index (χ1v) is 7.27. The molecule has 2 rings (SSSR count). The maximum atomic E-state index is 12.4. The maximum Gasteiger partial charge on any atom is 0.245 e. The molecule has 5 heteroatoms. The van der Waals surface area contributed by atoms with E-state index in [0.717, 1.165) is 13.0 Å². The summed E-state index contributed by atoms with van der Waals surface area (Å²) in [6.45, 7) is 5.93. The van der Waals surface area contributed by atoms with Gasteiger partial charge in [0.2, 0.25) is 11.8 Å². The molecule has 0 aliphatic carbocycles. The van der Waals surface area contributed by atoms with E-state index in [0.29, 0.717) is 12.6 Å². The SMILES string of the molecule is CC(C)C1NC(=O)CN(CC2CCCCN2C)C1=O. The third-order valence-electron chi connectivity index (χ3n) is 4.25. The van der Waals surface area contributed by atoms with Gasteiger partial charge in [-0.1, -0.05) is 20.3 Å². The van der Waals surface area contributed by atoms with Crippen LogP contribution in [0.15, 0.2) is 0 Å². The van der Waals surface area contributed by atoms with Gasteiger partial charge in [-0.2, -0.15) is 0 Å². The Morgan fingerprint density at radius 3 is 2.68 bits per heavy atom. The predicted molar refractivity (Wildman–Crippen MR) is 73.6 cm³/mol. The van der Waals surface area contributed by atoms with E-state index in [1.807, 2.05) is 13.8 Å². The third-order valence-corrected chi connectivity index (χ3v) is 4.25. The van der Waals surface area contributed by atoms with Gasteiger partial charge in [0.15, 0.2) is 0 Å². The number of likely N-dealkylation sites (N-methyl/N-ethyl adjacent to an activating group) is 1. The predicted octanol–water partition coefficient (Wildman–Crippen LogP) is 0.454. The first kappa shape index (κ1) is 14.3. The van der Waals surface area contributed by atoms with E-state index in [4.69, 9.17) is 0 Å². The van der Waals surface area contributed by atoms with E-state index in [-0.39, 0.29) is 30.3 Å². The lowest BCUT2D eigenvalue weighted by molar-refractivity contribution is -0.146. The van der Waals surface area contributed by atoms with Crippen molar-refractivity contribution in [2.24, 2.45) is 5.92 Å². The summed E-state index contributed by atoms with van der Waals surface area (Å²) in [4.78, 5) is 28.2. The molecular weight excluding hydrogens is 242 g/mol. The smallest absolute Gasteiger partial charge is 0.245 e. The van der Waals surface area contributed by atoms with Gasteiger partial charge in [0.05, 0.1) is 6.54 Å². The fourth-order valence-electron chi connectivity index (χ4n) is 2.96. The average molecular weight is 267 g/mol. The van der Waals surface area contributed by atoms with Crippen LogP contribution in [0.2, 0.25) is 0 Å². The quantitative estimate of drug-likeness (QED) is 0.808. The number of hydrogen-bond acceptors (Lipinski definition) is 3. The molecule has 108 valence electrons. The van der Waals surface area contributed by atoms with Crippen LogP contribution in [0.25, 0.3) is 0 Å². The van der Waals surface area contributed by atoms with Crippen molar-refractivity contribution in [3.63, 3.8) is 0 Å². The highest BCUT2D eigenvalue weighted by Gasteiger charge is 2.36. The molecule has 2 unspecified atom stereocenters. The number of piperidine rings is 1. The molecule has 0 aromatic rings. The lowest BCUT2D eigenvalue weighted by atomic mass is 9.98. The van der Waals surface area contributed by atoms with Crippen molar-refractivity contribution in [1.82, 2.24) is 15.1 Å². The van der Waals surface area contributed by atoms with Gasteiger partial charge in [-0.15, -0.1) is 0 Å². The number of amides is 2. The normalized spacial score (nSPS) is 29.8. The molecule has 2 heterocycles. The number of piperazine rings is 1. The molecule has 0 saturated carbocycles. The van der Waals surface area contributed by atoms with Gasteiger partial charge < -0.3 is 15.1 Å². The molecule has 0 aromatic heterocycles. The molecule has 2 aliphatic heterocycles. The number of rotatable bonds is 3. The molecule has 0 bridgehead atoms. The van der Waals surface area contributed by atoms with Crippen LogP contribution in [0.1, 0.15) is 33.1 Å². The van der Waals surface area contributed by atoms with Crippen molar-refractivity contribution in [2.75, 3.05) is 26.7 Å². The Kier molecular flexibility index (Phi) is 4.45. The Hall–Kier alpha value is -1.10. The Morgan fingerprint density at radius 1 is 1.32 bits per heavy atom. The van der Waals surface area contributed by atoms with E-state index < -0.39 is 0 Å². The van der Waals surface area contributed by atoms with Gasteiger partial charge in [-0.05, 0) is 32.4 Å². The minimum Gasteiger partial charge on any atom is -0.343 e. The summed E-state index contributed by atoms with van der Waals surface area (Å²) in [6, 6.07) is 0.0477. The van der Waals surface area contributed by atoms with Crippen molar-refractivity contribution >= 4 is 11.8 Å². The number of nitrogens with zero attached hydrogens (tertiary/aromatic N) is 2. The number of nitrogens with one attached hydrogen (secondary N) is 1. The van der Waals surface area contributed by atoms with E-state index in [2.05, 4.69) is 17.3 Å². The number of carbonyl (C=O) groups excluding carboxylic acids is 2. The van der Waals surface area contributed by atoms with Gasteiger partial charge >= 0.3 is 0 Å². The summed E-state index contributed by atoms with van der Waals surface area (Å²) < 4.78 is 0. The zero-order valence-corrected chi connectivity index (χ0v) is 12.2. The summed E-state index contributed by atoms with van der Waals surface area (Å²) in [5, 5.41) is 2.80. The lowest BCUT2D eigenvalue weighted by Gasteiger charge is -2.40.